The van der Waals surface area contributed by atoms with Gasteiger partial charge in [0.2, 0.25) is 0 Å². The van der Waals surface area contributed by atoms with Crippen LogP contribution in [0.5, 0.6) is 23.0 Å². The number of aromatic hydroxyl groups is 1. The lowest BCUT2D eigenvalue weighted by atomic mass is 10.1. The third-order valence-electron chi connectivity index (χ3n) is 9.09. The number of phenols is 1. The van der Waals surface area contributed by atoms with Crippen molar-refractivity contribution in [1.29, 1.82) is 0 Å². The number of phenolic OH excluding ortho intramolecular Hbond substituents is 1. The third-order valence-corrected chi connectivity index (χ3v) is 11.8. The van der Waals surface area contributed by atoms with Crippen molar-refractivity contribution in [3.63, 3.8) is 0 Å². The summed E-state index contributed by atoms with van der Waals surface area (Å²) in [5, 5.41) is 60.1. The van der Waals surface area contributed by atoms with Crippen LogP contribution in [-0.2, 0) is 35.1 Å². The summed E-state index contributed by atoms with van der Waals surface area (Å²) in [4.78, 5) is 11.5. The Hall–Kier alpha value is -6.85. The van der Waals surface area contributed by atoms with E-state index in [1.807, 2.05) is 0 Å². The fraction of sp³-hybridized carbons (Fsp3) is 0.211. The van der Waals surface area contributed by atoms with Crippen LogP contribution >= 0.6 is 0 Å². The standard InChI is InChI=1S/C38H36N8O16S3/c1-20-14-27(30(60-3)19-33(20)64(54,55)56)40-41-28-17-32(62-13-11-48)29(18-31(28)61-12-10-47)42-44-36-34(65(57,58)59)16-22-15-23(4-9-26(22)37(36)49)39-43-35-21(2)45-46(38(35)50)24-5-7-25(8-6-24)63(51,52)53/h4-9,14-19,35,47-49H,10-13H2,1-3H3,(H,51,52,53)(H,54,55,56)(H,57,58,59). The Morgan fingerprint density at radius 2 is 1.25 bits per heavy atom. The van der Waals surface area contributed by atoms with Crippen molar-refractivity contribution in [2.75, 3.05) is 38.5 Å². The van der Waals surface area contributed by atoms with Gasteiger partial charge in [-0.1, -0.05) is 0 Å². The number of rotatable bonds is 17. The molecule has 0 bridgehead atoms. The second-order valence-electron chi connectivity index (χ2n) is 13.5. The van der Waals surface area contributed by atoms with Crippen LogP contribution in [0.4, 0.5) is 34.1 Å². The van der Waals surface area contributed by atoms with E-state index in [9.17, 15) is 59.0 Å². The second-order valence-corrected chi connectivity index (χ2v) is 17.7. The molecule has 1 aliphatic rings. The van der Waals surface area contributed by atoms with Crippen LogP contribution in [0.3, 0.4) is 0 Å². The van der Waals surface area contributed by atoms with Crippen LogP contribution in [0, 0.1) is 6.92 Å². The van der Waals surface area contributed by atoms with Crippen molar-refractivity contribution in [3.8, 4) is 23.0 Å². The van der Waals surface area contributed by atoms with Gasteiger partial charge >= 0.3 is 0 Å². The number of methoxy groups -OCH3 is 1. The fourth-order valence-corrected chi connectivity index (χ4v) is 7.93. The van der Waals surface area contributed by atoms with Gasteiger partial charge in [0.05, 0.1) is 42.3 Å². The molecular formula is C38H36N8O16S3. The Morgan fingerprint density at radius 1 is 0.677 bits per heavy atom. The first-order chi connectivity index (χ1) is 30.6. The quantitative estimate of drug-likeness (QED) is 0.0456. The van der Waals surface area contributed by atoms with E-state index < -0.39 is 81.6 Å². The number of fused-ring (bicyclic) bond motifs is 1. The molecule has 65 heavy (non-hydrogen) atoms. The lowest BCUT2D eigenvalue weighted by Crippen LogP contribution is -2.29. The summed E-state index contributed by atoms with van der Waals surface area (Å²) in [6, 6.07) is 13.2. The molecule has 0 aromatic heterocycles. The number of hydrogen-bond acceptors (Lipinski definition) is 20. The van der Waals surface area contributed by atoms with Crippen LogP contribution in [0.25, 0.3) is 10.8 Å². The number of carbonyl (C=O) groups is 1. The molecule has 5 aromatic carbocycles. The van der Waals surface area contributed by atoms with Gasteiger partial charge in [-0.25, -0.2) is 0 Å². The van der Waals surface area contributed by atoms with Crippen LogP contribution in [0.15, 0.2) is 123 Å². The van der Waals surface area contributed by atoms with Crippen LogP contribution in [0.1, 0.15) is 12.5 Å². The minimum Gasteiger partial charge on any atom is -0.505 e. The average Bonchev–Trinajstić information content (AvgIpc) is 3.53. The maximum atomic E-state index is 13.2. The van der Waals surface area contributed by atoms with Gasteiger partial charge in [0.1, 0.15) is 63.0 Å². The molecule has 27 heteroatoms. The fourth-order valence-electron chi connectivity index (χ4n) is 6.07. The van der Waals surface area contributed by atoms with Crippen molar-refractivity contribution in [2.24, 2.45) is 35.8 Å². The topological polar surface area (TPSA) is 358 Å². The number of hydrazone groups is 1. The van der Waals surface area contributed by atoms with E-state index in [1.54, 1.807) is 0 Å². The molecule has 6 N–H and O–H groups in total. The van der Waals surface area contributed by atoms with E-state index in [0.29, 0.717) is 0 Å². The number of nitrogens with zero attached hydrogens (tertiary/aromatic N) is 8. The summed E-state index contributed by atoms with van der Waals surface area (Å²) in [5.41, 5.74) is -0.359. The van der Waals surface area contributed by atoms with Gasteiger partial charge in [0.25, 0.3) is 36.3 Å². The Kier molecular flexibility index (Phi) is 14.0. The van der Waals surface area contributed by atoms with Gasteiger partial charge < -0.3 is 29.5 Å². The molecule has 6 rings (SSSR count). The Labute approximate surface area is 369 Å². The highest BCUT2D eigenvalue weighted by Gasteiger charge is 2.35. The first-order valence-corrected chi connectivity index (χ1v) is 22.8. The first kappa shape index (κ1) is 47.6. The Bertz CT molecular complexity index is 3160. The van der Waals surface area contributed by atoms with Gasteiger partial charge in [0, 0.05) is 23.6 Å². The maximum absolute atomic E-state index is 13.2. The molecule has 0 aliphatic carbocycles. The number of ether oxygens (including phenoxy) is 3. The summed E-state index contributed by atoms with van der Waals surface area (Å²) in [7, 11) is -13.0. The zero-order valence-electron chi connectivity index (χ0n) is 33.9. The van der Waals surface area contributed by atoms with Gasteiger partial charge in [-0.3, -0.25) is 18.5 Å². The van der Waals surface area contributed by atoms with Crippen molar-refractivity contribution in [2.45, 2.75) is 34.6 Å². The molecule has 342 valence electrons. The van der Waals surface area contributed by atoms with E-state index in [1.165, 1.54) is 69.5 Å². The normalized spacial score (nSPS) is 14.9. The van der Waals surface area contributed by atoms with Crippen molar-refractivity contribution in [3.05, 3.63) is 78.4 Å². The molecule has 1 aliphatic heterocycles. The van der Waals surface area contributed by atoms with E-state index in [-0.39, 0.29) is 80.9 Å². The molecule has 1 heterocycles. The molecule has 1 atom stereocenters. The molecule has 5 aromatic rings. The zero-order valence-corrected chi connectivity index (χ0v) is 36.4. The van der Waals surface area contributed by atoms with E-state index in [2.05, 4.69) is 35.8 Å². The first-order valence-electron chi connectivity index (χ1n) is 18.4. The maximum Gasteiger partial charge on any atom is 0.296 e. The van der Waals surface area contributed by atoms with E-state index >= 15 is 0 Å². The van der Waals surface area contributed by atoms with Gasteiger partial charge in [-0.05, 0) is 79.4 Å². The molecule has 0 fully saturated rings. The monoisotopic (exact) mass is 956 g/mol. The zero-order chi connectivity index (χ0) is 47.4. The highest BCUT2D eigenvalue weighted by molar-refractivity contribution is 7.86. The Balaban J connectivity index is 1.34. The summed E-state index contributed by atoms with van der Waals surface area (Å²) < 4.78 is 117. The highest BCUT2D eigenvalue weighted by atomic mass is 32.2. The summed E-state index contributed by atoms with van der Waals surface area (Å²) >= 11 is 0. The predicted octanol–water partition coefficient (Wildman–Crippen LogP) is 6.05. The van der Waals surface area contributed by atoms with E-state index in [4.69, 9.17) is 14.2 Å². The predicted molar refractivity (Wildman–Crippen MR) is 228 cm³/mol. The molecule has 1 amide bonds. The van der Waals surface area contributed by atoms with Gasteiger partial charge in [0.15, 0.2) is 11.8 Å². The molecule has 0 spiro atoms. The van der Waals surface area contributed by atoms with Crippen LogP contribution < -0.4 is 19.2 Å². The lowest BCUT2D eigenvalue weighted by molar-refractivity contribution is -0.117. The lowest BCUT2D eigenvalue weighted by Gasteiger charge is -2.13. The molecular weight excluding hydrogens is 921 g/mol. The van der Waals surface area contributed by atoms with Crippen molar-refractivity contribution in [1.82, 2.24) is 0 Å². The average molecular weight is 957 g/mol. The number of hydrogen-bond donors (Lipinski definition) is 6. The number of carbonyl (C=O) groups excluding carboxylic acids is 1. The van der Waals surface area contributed by atoms with E-state index in [0.717, 1.165) is 29.3 Å². The summed E-state index contributed by atoms with van der Waals surface area (Å²) in [6.45, 7) is 1.38. The smallest absolute Gasteiger partial charge is 0.296 e. The number of anilines is 1. The number of aliphatic hydroxyl groups excluding tert-OH is 2. The van der Waals surface area contributed by atoms with Crippen molar-refractivity contribution >= 4 is 86.9 Å². The van der Waals surface area contributed by atoms with Gasteiger partial charge in [-0.15, -0.1) is 20.5 Å². The van der Waals surface area contributed by atoms with Crippen LogP contribution in [-0.4, -0.2) is 105 Å². The van der Waals surface area contributed by atoms with Crippen molar-refractivity contribution < 1.29 is 73.2 Å². The highest BCUT2D eigenvalue weighted by Crippen LogP contribution is 2.46. The molecule has 1 unspecified atom stereocenters. The number of azo groups is 3. The summed E-state index contributed by atoms with van der Waals surface area (Å²) in [6.07, 6.45) is 0. The Morgan fingerprint density at radius 3 is 1.78 bits per heavy atom. The van der Waals surface area contributed by atoms with Gasteiger partial charge in [-0.2, -0.15) is 45.6 Å². The largest absolute Gasteiger partial charge is 0.505 e. The minimum absolute atomic E-state index is 0.00858. The second kappa shape index (κ2) is 19.1. The molecule has 0 saturated heterocycles. The third kappa shape index (κ3) is 10.8. The summed E-state index contributed by atoms with van der Waals surface area (Å²) in [5.74, 6) is -1.72. The number of amides is 1. The number of aliphatic hydroxyl groups is 2. The molecule has 0 radical (unpaired) electrons. The van der Waals surface area contributed by atoms with Crippen LogP contribution in [0.2, 0.25) is 0 Å². The number of benzene rings is 5. The number of aryl methyl sites for hydroxylation is 1. The molecule has 24 nitrogen and oxygen atoms in total. The molecule has 0 saturated carbocycles. The minimum atomic E-state index is -5.14. The SMILES string of the molecule is COc1cc(S(=O)(=O)O)c(C)cc1N=Nc1cc(OCCO)c(N=Nc2c(S(=O)(=O)O)cc3cc(N=NC4C(=O)N(c5ccc(S(=O)(=O)O)cc5)N=C4C)ccc3c2O)cc1OCCO.